The van der Waals surface area contributed by atoms with Crippen LogP contribution in [0.3, 0.4) is 0 Å². The number of benzene rings is 1. The number of hydrogen-bond acceptors (Lipinski definition) is 5. The first kappa shape index (κ1) is 17.0. The molecule has 2 rings (SSSR count). The molecule has 122 valence electrons. The summed E-state index contributed by atoms with van der Waals surface area (Å²) >= 11 is 0. The third kappa shape index (κ3) is 4.10. The van der Waals surface area contributed by atoms with E-state index in [0.29, 0.717) is 11.8 Å². The van der Waals surface area contributed by atoms with E-state index >= 15 is 0 Å². The maximum atomic E-state index is 14.0. The van der Waals surface area contributed by atoms with Crippen LogP contribution < -0.4 is 0 Å². The molecule has 0 aliphatic rings. The zero-order chi connectivity index (χ0) is 17.5. The summed E-state index contributed by atoms with van der Waals surface area (Å²) in [5.74, 6) is -1.62. The maximum absolute atomic E-state index is 14.0. The lowest BCUT2D eigenvalue weighted by Crippen LogP contribution is -2.32. The molecule has 0 saturated carbocycles. The fraction of sp³-hybridized carbons (Fsp3) is 0.188. The first-order valence-electron chi connectivity index (χ1n) is 7.03. The standard InChI is InChI=1S/C16H13FN4O3/c17-15-10-13(21(23)24)5-6-14(15)16(22)20(9-3-7-18)11-12-4-1-2-8-19-12/h1-2,4-6,8,10H,3,9,11H2. The summed E-state index contributed by atoms with van der Waals surface area (Å²) in [6, 6.07) is 9.96. The van der Waals surface area contributed by atoms with Crippen LogP contribution in [-0.2, 0) is 6.54 Å². The fourth-order valence-electron chi connectivity index (χ4n) is 2.09. The molecular weight excluding hydrogens is 315 g/mol. The molecule has 0 aliphatic heterocycles. The highest BCUT2D eigenvalue weighted by atomic mass is 19.1. The third-order valence-corrected chi connectivity index (χ3v) is 3.25. The molecule has 0 unspecified atom stereocenters. The Bertz CT molecular complexity index is 790. The van der Waals surface area contributed by atoms with Crippen molar-refractivity contribution in [2.75, 3.05) is 6.54 Å². The number of aromatic nitrogens is 1. The van der Waals surface area contributed by atoms with Gasteiger partial charge in [-0.25, -0.2) is 4.39 Å². The average Bonchev–Trinajstić information content (AvgIpc) is 2.58. The van der Waals surface area contributed by atoms with Crippen LogP contribution in [0, 0.1) is 27.3 Å². The van der Waals surface area contributed by atoms with Crippen molar-refractivity contribution in [3.05, 3.63) is 69.8 Å². The number of nitro benzene ring substituents is 1. The van der Waals surface area contributed by atoms with Crippen LogP contribution in [0.15, 0.2) is 42.6 Å². The minimum absolute atomic E-state index is 0.0766. The molecule has 0 N–H and O–H groups in total. The van der Waals surface area contributed by atoms with Crippen LogP contribution in [-0.4, -0.2) is 27.3 Å². The number of nitro groups is 1. The van der Waals surface area contributed by atoms with Gasteiger partial charge >= 0.3 is 0 Å². The summed E-state index contributed by atoms with van der Waals surface area (Å²) in [7, 11) is 0. The maximum Gasteiger partial charge on any atom is 0.272 e. The molecule has 0 fully saturated rings. The number of nitriles is 1. The number of pyridine rings is 1. The number of non-ortho nitro benzene ring substituents is 1. The van der Waals surface area contributed by atoms with Crippen LogP contribution in [0.2, 0.25) is 0 Å². The summed E-state index contributed by atoms with van der Waals surface area (Å²) in [4.78, 5) is 27.8. The first-order chi connectivity index (χ1) is 11.5. The Morgan fingerprint density at radius 1 is 1.38 bits per heavy atom. The van der Waals surface area contributed by atoms with Gasteiger partial charge in [-0.3, -0.25) is 19.9 Å². The molecule has 7 nitrogen and oxygen atoms in total. The molecule has 24 heavy (non-hydrogen) atoms. The quantitative estimate of drug-likeness (QED) is 0.599. The lowest BCUT2D eigenvalue weighted by atomic mass is 10.1. The van der Waals surface area contributed by atoms with Gasteiger partial charge in [0.2, 0.25) is 0 Å². The number of amides is 1. The van der Waals surface area contributed by atoms with E-state index < -0.39 is 22.3 Å². The first-order valence-corrected chi connectivity index (χ1v) is 7.03. The van der Waals surface area contributed by atoms with Gasteiger partial charge in [0.25, 0.3) is 11.6 Å². The Morgan fingerprint density at radius 3 is 2.75 bits per heavy atom. The lowest BCUT2D eigenvalue weighted by Gasteiger charge is -2.21. The van der Waals surface area contributed by atoms with E-state index in [4.69, 9.17) is 5.26 Å². The van der Waals surface area contributed by atoms with Crippen molar-refractivity contribution < 1.29 is 14.1 Å². The van der Waals surface area contributed by atoms with Crippen LogP contribution in [0.5, 0.6) is 0 Å². The number of nitrogens with zero attached hydrogens (tertiary/aromatic N) is 4. The van der Waals surface area contributed by atoms with E-state index in [1.807, 2.05) is 6.07 Å². The average molecular weight is 328 g/mol. The highest BCUT2D eigenvalue weighted by Crippen LogP contribution is 2.19. The Balaban J connectivity index is 2.27. The predicted molar refractivity (Wildman–Crippen MR) is 82.3 cm³/mol. The molecule has 0 spiro atoms. The Hall–Kier alpha value is -3.34. The van der Waals surface area contributed by atoms with Gasteiger partial charge in [-0.05, 0) is 18.2 Å². The van der Waals surface area contributed by atoms with Gasteiger partial charge in [0.05, 0.1) is 41.3 Å². The normalized spacial score (nSPS) is 10.0. The highest BCUT2D eigenvalue weighted by molar-refractivity contribution is 5.94. The second kappa shape index (κ2) is 7.78. The summed E-state index contributed by atoms with van der Waals surface area (Å²) < 4.78 is 14.0. The molecule has 0 aliphatic carbocycles. The predicted octanol–water partition coefficient (Wildman–Crippen LogP) is 2.68. The van der Waals surface area contributed by atoms with Gasteiger partial charge < -0.3 is 4.90 Å². The second-order valence-corrected chi connectivity index (χ2v) is 4.88. The molecule has 1 aromatic carbocycles. The SMILES string of the molecule is N#CCCN(Cc1ccccn1)C(=O)c1ccc([N+](=O)[O-])cc1F. The van der Waals surface area contributed by atoms with Crippen LogP contribution >= 0.6 is 0 Å². The minimum atomic E-state index is -0.975. The smallest absolute Gasteiger partial charge is 0.272 e. The molecular formula is C16H13FN4O3. The van der Waals surface area contributed by atoms with E-state index in [1.165, 1.54) is 4.90 Å². The van der Waals surface area contributed by atoms with Gasteiger partial charge in [-0.1, -0.05) is 6.07 Å². The van der Waals surface area contributed by atoms with Crippen LogP contribution in [0.4, 0.5) is 10.1 Å². The largest absolute Gasteiger partial charge is 0.332 e. The van der Waals surface area contributed by atoms with E-state index in [-0.39, 0.29) is 25.1 Å². The summed E-state index contributed by atoms with van der Waals surface area (Å²) in [5, 5.41) is 19.4. The van der Waals surface area contributed by atoms with Crippen molar-refractivity contribution in [3.8, 4) is 6.07 Å². The molecule has 0 saturated heterocycles. The molecule has 8 heteroatoms. The fourth-order valence-corrected chi connectivity index (χ4v) is 2.09. The van der Waals surface area contributed by atoms with Crippen molar-refractivity contribution >= 4 is 11.6 Å². The van der Waals surface area contributed by atoms with Crippen LogP contribution in [0.1, 0.15) is 22.5 Å². The summed E-state index contributed by atoms with van der Waals surface area (Å²) in [6.07, 6.45) is 1.64. The summed E-state index contributed by atoms with van der Waals surface area (Å²) in [5.41, 5.74) is -0.127. The minimum Gasteiger partial charge on any atom is -0.332 e. The van der Waals surface area contributed by atoms with E-state index in [9.17, 15) is 19.3 Å². The third-order valence-electron chi connectivity index (χ3n) is 3.25. The Kier molecular flexibility index (Phi) is 5.52. The number of rotatable bonds is 6. The van der Waals surface area contributed by atoms with Crippen molar-refractivity contribution in [3.63, 3.8) is 0 Å². The molecule has 2 aromatic rings. The van der Waals surface area contributed by atoms with E-state index in [1.54, 1.807) is 24.4 Å². The van der Waals surface area contributed by atoms with Crippen molar-refractivity contribution in [2.45, 2.75) is 13.0 Å². The van der Waals surface area contributed by atoms with Crippen molar-refractivity contribution in [1.29, 1.82) is 5.26 Å². The zero-order valence-electron chi connectivity index (χ0n) is 12.6. The molecule has 0 radical (unpaired) electrons. The van der Waals surface area contributed by atoms with Crippen molar-refractivity contribution in [1.82, 2.24) is 9.88 Å². The Labute approximate surface area is 137 Å². The van der Waals surface area contributed by atoms with Gasteiger partial charge in [0.15, 0.2) is 0 Å². The van der Waals surface area contributed by atoms with Crippen LogP contribution in [0.25, 0.3) is 0 Å². The summed E-state index contributed by atoms with van der Waals surface area (Å²) in [6.45, 7) is 0.208. The van der Waals surface area contributed by atoms with Gasteiger partial charge in [0.1, 0.15) is 5.82 Å². The molecule has 1 heterocycles. The van der Waals surface area contributed by atoms with E-state index in [2.05, 4.69) is 4.98 Å². The van der Waals surface area contributed by atoms with Gasteiger partial charge in [0, 0.05) is 18.8 Å². The second-order valence-electron chi connectivity index (χ2n) is 4.88. The zero-order valence-corrected chi connectivity index (χ0v) is 12.6. The number of carbonyl (C=O) groups is 1. The number of carbonyl (C=O) groups excluding carboxylic acids is 1. The molecule has 0 bridgehead atoms. The van der Waals surface area contributed by atoms with E-state index in [0.717, 1.165) is 12.1 Å². The molecule has 1 aromatic heterocycles. The topological polar surface area (TPSA) is 100 Å². The van der Waals surface area contributed by atoms with Gasteiger partial charge in [-0.2, -0.15) is 5.26 Å². The monoisotopic (exact) mass is 328 g/mol. The number of halogens is 1. The number of hydrogen-bond donors (Lipinski definition) is 0. The molecule has 1 amide bonds. The van der Waals surface area contributed by atoms with Crippen molar-refractivity contribution in [2.24, 2.45) is 0 Å². The molecule has 0 atom stereocenters. The van der Waals surface area contributed by atoms with Gasteiger partial charge in [-0.15, -0.1) is 0 Å². The highest BCUT2D eigenvalue weighted by Gasteiger charge is 2.21. The Morgan fingerprint density at radius 2 is 2.17 bits per heavy atom. The lowest BCUT2D eigenvalue weighted by molar-refractivity contribution is -0.385.